The molecule has 0 atom stereocenters. The molecule has 152 valence electrons. The third-order valence-electron chi connectivity index (χ3n) is 4.90. The Bertz CT molecular complexity index is 1030. The van der Waals surface area contributed by atoms with Crippen LogP contribution in [0.2, 0.25) is 0 Å². The van der Waals surface area contributed by atoms with Crippen LogP contribution in [0.15, 0.2) is 42.5 Å². The lowest BCUT2D eigenvalue weighted by Gasteiger charge is -2.14. The third-order valence-corrected chi connectivity index (χ3v) is 4.90. The second-order valence-corrected chi connectivity index (χ2v) is 7.58. The van der Waals surface area contributed by atoms with Crippen molar-refractivity contribution in [3.05, 3.63) is 53.6 Å². The minimum Gasteiger partial charge on any atom is -0.497 e. The number of amides is 1. The van der Waals surface area contributed by atoms with E-state index in [-0.39, 0.29) is 5.91 Å². The number of aryl methyl sites for hydroxylation is 1. The smallest absolute Gasteiger partial charge is 0.252 e. The molecule has 2 aromatic carbocycles. The first-order valence-corrected chi connectivity index (χ1v) is 9.85. The first-order chi connectivity index (χ1) is 13.9. The van der Waals surface area contributed by atoms with Gasteiger partial charge in [-0.15, -0.1) is 0 Å². The van der Waals surface area contributed by atoms with Crippen LogP contribution in [0.5, 0.6) is 11.5 Å². The van der Waals surface area contributed by atoms with Gasteiger partial charge in [0.15, 0.2) is 0 Å². The Morgan fingerprint density at radius 1 is 1.07 bits per heavy atom. The Morgan fingerprint density at radius 2 is 1.86 bits per heavy atom. The van der Waals surface area contributed by atoms with E-state index in [1.807, 2.05) is 49.4 Å². The number of methoxy groups -OCH3 is 2. The van der Waals surface area contributed by atoms with E-state index in [9.17, 15) is 4.79 Å². The van der Waals surface area contributed by atoms with Crippen molar-refractivity contribution in [1.29, 1.82) is 0 Å². The van der Waals surface area contributed by atoms with Crippen molar-refractivity contribution in [2.75, 3.05) is 20.8 Å². The molecule has 0 saturated carbocycles. The maximum atomic E-state index is 13.0. The Kier molecular flexibility index (Phi) is 6.37. The molecule has 1 N–H and O–H groups in total. The van der Waals surface area contributed by atoms with Crippen molar-refractivity contribution in [2.45, 2.75) is 27.2 Å². The van der Waals surface area contributed by atoms with Crippen molar-refractivity contribution in [3.8, 4) is 22.8 Å². The van der Waals surface area contributed by atoms with Gasteiger partial charge in [-0.2, -0.15) is 0 Å². The number of rotatable bonds is 7. The minimum absolute atomic E-state index is 0.0858. The highest BCUT2D eigenvalue weighted by molar-refractivity contribution is 6.07. The molecule has 1 aromatic heterocycles. The summed E-state index contributed by atoms with van der Waals surface area (Å²) in [5.74, 6) is 1.80. The molecule has 29 heavy (non-hydrogen) atoms. The minimum atomic E-state index is -0.0858. The van der Waals surface area contributed by atoms with Crippen LogP contribution in [-0.2, 0) is 0 Å². The number of nitrogens with one attached hydrogen (secondary N) is 1. The van der Waals surface area contributed by atoms with Crippen molar-refractivity contribution in [1.82, 2.24) is 10.3 Å². The van der Waals surface area contributed by atoms with Crippen LogP contribution in [-0.4, -0.2) is 31.7 Å². The first-order valence-electron chi connectivity index (χ1n) is 9.85. The van der Waals surface area contributed by atoms with Crippen molar-refractivity contribution >= 4 is 16.8 Å². The molecule has 0 aliphatic carbocycles. The molecule has 0 radical (unpaired) electrons. The first kappa shape index (κ1) is 20.6. The van der Waals surface area contributed by atoms with Crippen LogP contribution < -0.4 is 14.8 Å². The monoisotopic (exact) mass is 392 g/mol. The average molecular weight is 392 g/mol. The summed E-state index contributed by atoms with van der Waals surface area (Å²) in [7, 11) is 3.23. The zero-order valence-electron chi connectivity index (χ0n) is 17.7. The largest absolute Gasteiger partial charge is 0.497 e. The molecule has 1 heterocycles. The molecule has 0 saturated heterocycles. The second-order valence-electron chi connectivity index (χ2n) is 7.58. The van der Waals surface area contributed by atoms with Gasteiger partial charge in [0, 0.05) is 23.6 Å². The summed E-state index contributed by atoms with van der Waals surface area (Å²) in [5, 5.41) is 3.90. The normalized spacial score (nSPS) is 11.0. The van der Waals surface area contributed by atoms with E-state index in [0.29, 0.717) is 35.2 Å². The topological polar surface area (TPSA) is 60.5 Å². The third kappa shape index (κ3) is 4.67. The summed E-state index contributed by atoms with van der Waals surface area (Å²) in [6, 6.07) is 13.4. The number of ether oxygens (including phenoxy) is 2. The zero-order chi connectivity index (χ0) is 21.0. The van der Waals surface area contributed by atoms with E-state index in [0.717, 1.165) is 28.5 Å². The SMILES string of the molecule is COc1ccc(-c2cc(C(=O)NCCC(C)C)c3cc(C)ccc3n2)c(OC)c1. The maximum absolute atomic E-state index is 13.0. The Labute approximate surface area is 172 Å². The Hall–Kier alpha value is -3.08. The highest BCUT2D eigenvalue weighted by atomic mass is 16.5. The molecule has 5 nitrogen and oxygen atoms in total. The Morgan fingerprint density at radius 3 is 2.55 bits per heavy atom. The van der Waals surface area contributed by atoms with Crippen molar-refractivity contribution in [2.24, 2.45) is 5.92 Å². The molecule has 3 aromatic rings. The van der Waals surface area contributed by atoms with Gasteiger partial charge in [0.05, 0.1) is 31.0 Å². The summed E-state index contributed by atoms with van der Waals surface area (Å²) in [6.07, 6.45) is 0.937. The number of nitrogens with zero attached hydrogens (tertiary/aromatic N) is 1. The van der Waals surface area contributed by atoms with Gasteiger partial charge in [0.1, 0.15) is 11.5 Å². The average Bonchev–Trinajstić information content (AvgIpc) is 2.72. The number of carbonyl (C=O) groups excluding carboxylic acids is 1. The van der Waals surface area contributed by atoms with Crippen LogP contribution in [0, 0.1) is 12.8 Å². The van der Waals surface area contributed by atoms with Crippen LogP contribution in [0.25, 0.3) is 22.2 Å². The maximum Gasteiger partial charge on any atom is 0.252 e. The molecular weight excluding hydrogens is 364 g/mol. The summed E-state index contributed by atoms with van der Waals surface area (Å²) in [4.78, 5) is 17.8. The van der Waals surface area contributed by atoms with Crippen molar-refractivity contribution in [3.63, 3.8) is 0 Å². The van der Waals surface area contributed by atoms with E-state index in [2.05, 4.69) is 19.2 Å². The van der Waals surface area contributed by atoms with Crippen molar-refractivity contribution < 1.29 is 14.3 Å². The molecular formula is C24H28N2O3. The highest BCUT2D eigenvalue weighted by Gasteiger charge is 2.16. The molecule has 0 fully saturated rings. The standard InChI is InChI=1S/C24H28N2O3/c1-15(2)10-11-25-24(27)20-14-22(26-21-9-6-16(3)12-19(20)21)18-8-7-17(28-4)13-23(18)29-5/h6-9,12-15H,10-11H2,1-5H3,(H,25,27). The summed E-state index contributed by atoms with van der Waals surface area (Å²) >= 11 is 0. The number of pyridine rings is 1. The number of hydrogen-bond acceptors (Lipinski definition) is 4. The number of aromatic nitrogens is 1. The summed E-state index contributed by atoms with van der Waals surface area (Å²) in [5.41, 5.74) is 3.99. The Balaban J connectivity index is 2.10. The van der Waals surface area contributed by atoms with Gasteiger partial charge in [-0.05, 0) is 49.6 Å². The van der Waals surface area contributed by atoms with Crippen LogP contribution in [0.4, 0.5) is 0 Å². The van der Waals surface area contributed by atoms with Gasteiger partial charge in [0.25, 0.3) is 5.91 Å². The van der Waals surface area contributed by atoms with E-state index < -0.39 is 0 Å². The van der Waals surface area contributed by atoms with E-state index in [1.165, 1.54) is 0 Å². The fourth-order valence-electron chi connectivity index (χ4n) is 3.25. The lowest BCUT2D eigenvalue weighted by atomic mass is 10.0. The molecule has 0 aliphatic heterocycles. The van der Waals surface area contributed by atoms with Gasteiger partial charge in [-0.25, -0.2) is 4.98 Å². The van der Waals surface area contributed by atoms with Gasteiger partial charge >= 0.3 is 0 Å². The second kappa shape index (κ2) is 8.95. The number of fused-ring (bicyclic) bond motifs is 1. The molecule has 0 aliphatic rings. The number of hydrogen-bond donors (Lipinski definition) is 1. The molecule has 0 unspecified atom stereocenters. The lowest BCUT2D eigenvalue weighted by molar-refractivity contribution is 0.0953. The quantitative estimate of drug-likeness (QED) is 0.614. The molecule has 0 spiro atoms. The van der Waals surface area contributed by atoms with Crippen LogP contribution >= 0.6 is 0 Å². The van der Waals surface area contributed by atoms with E-state index in [1.54, 1.807) is 14.2 Å². The molecule has 5 heteroatoms. The zero-order valence-corrected chi connectivity index (χ0v) is 17.7. The summed E-state index contributed by atoms with van der Waals surface area (Å²) < 4.78 is 10.8. The van der Waals surface area contributed by atoms with Gasteiger partial charge in [-0.1, -0.05) is 25.5 Å². The van der Waals surface area contributed by atoms with Crippen LogP contribution in [0.1, 0.15) is 36.2 Å². The highest BCUT2D eigenvalue weighted by Crippen LogP contribution is 2.34. The number of benzene rings is 2. The molecule has 1 amide bonds. The van der Waals surface area contributed by atoms with Crippen LogP contribution in [0.3, 0.4) is 0 Å². The molecule has 0 bridgehead atoms. The van der Waals surface area contributed by atoms with E-state index >= 15 is 0 Å². The van der Waals surface area contributed by atoms with Gasteiger partial charge in [-0.3, -0.25) is 4.79 Å². The predicted octanol–water partition coefficient (Wildman–Crippen LogP) is 5.00. The van der Waals surface area contributed by atoms with Gasteiger partial charge < -0.3 is 14.8 Å². The summed E-state index contributed by atoms with van der Waals surface area (Å²) in [6.45, 7) is 6.95. The fraction of sp³-hybridized carbons (Fsp3) is 0.333. The molecule has 3 rings (SSSR count). The lowest BCUT2D eigenvalue weighted by Crippen LogP contribution is -2.25. The van der Waals surface area contributed by atoms with Gasteiger partial charge in [0.2, 0.25) is 0 Å². The fourth-order valence-corrected chi connectivity index (χ4v) is 3.25. The van der Waals surface area contributed by atoms with E-state index in [4.69, 9.17) is 14.5 Å². The predicted molar refractivity (Wildman–Crippen MR) is 117 cm³/mol. The number of carbonyl (C=O) groups is 1.